The fourth-order valence-electron chi connectivity index (χ4n) is 1.74. The van der Waals surface area contributed by atoms with Gasteiger partial charge in [0.25, 0.3) is 5.69 Å². The molecule has 0 aromatic heterocycles. The van der Waals surface area contributed by atoms with Crippen molar-refractivity contribution in [2.75, 3.05) is 7.05 Å². The monoisotopic (exact) mass is 314 g/mol. The molecule has 0 radical (unpaired) electrons. The lowest BCUT2D eigenvalue weighted by atomic mass is 10.0. The highest BCUT2D eigenvalue weighted by atomic mass is 79.9. The van der Waals surface area contributed by atoms with Gasteiger partial charge in [-0.3, -0.25) is 15.0 Å². The topological polar surface area (TPSA) is 46.4 Å². The van der Waals surface area contributed by atoms with Gasteiger partial charge in [-0.05, 0) is 47.4 Å². The van der Waals surface area contributed by atoms with Crippen LogP contribution in [0.3, 0.4) is 0 Å². The number of halogens is 1. The van der Waals surface area contributed by atoms with E-state index in [1.54, 1.807) is 12.1 Å². The van der Waals surface area contributed by atoms with Gasteiger partial charge in [0.05, 0.1) is 9.40 Å². The second-order valence-corrected chi connectivity index (χ2v) is 5.80. The van der Waals surface area contributed by atoms with Crippen molar-refractivity contribution >= 4 is 21.6 Å². The Hall–Kier alpha value is -0.940. The van der Waals surface area contributed by atoms with Gasteiger partial charge in [0, 0.05) is 18.7 Å². The number of nitro groups is 1. The normalized spacial score (nSPS) is 13.1. The number of hydrogen-bond donors (Lipinski definition) is 0. The summed E-state index contributed by atoms with van der Waals surface area (Å²) in [5, 5.41) is 10.9. The minimum atomic E-state index is -0.362. The summed E-state index contributed by atoms with van der Waals surface area (Å²) in [7, 11) is 2.04. The minimum Gasteiger partial charge on any atom is -0.299 e. The maximum Gasteiger partial charge on any atom is 0.283 e. The Morgan fingerprint density at radius 2 is 2.00 bits per heavy atom. The van der Waals surface area contributed by atoms with E-state index in [2.05, 4.69) is 41.6 Å². The van der Waals surface area contributed by atoms with Gasteiger partial charge in [-0.2, -0.15) is 0 Å². The molecule has 1 atom stereocenters. The molecular weight excluding hydrogens is 296 g/mol. The Morgan fingerprint density at radius 3 is 2.50 bits per heavy atom. The van der Waals surface area contributed by atoms with E-state index < -0.39 is 0 Å². The molecule has 18 heavy (non-hydrogen) atoms. The zero-order valence-corrected chi connectivity index (χ0v) is 12.8. The van der Waals surface area contributed by atoms with E-state index in [1.807, 2.05) is 13.1 Å². The van der Waals surface area contributed by atoms with Gasteiger partial charge in [-0.1, -0.05) is 19.9 Å². The Kier molecular flexibility index (Phi) is 5.28. The van der Waals surface area contributed by atoms with Crippen molar-refractivity contribution in [3.05, 3.63) is 38.3 Å². The molecule has 5 heteroatoms. The minimum absolute atomic E-state index is 0.123. The molecule has 0 spiro atoms. The van der Waals surface area contributed by atoms with Crippen LogP contribution in [-0.4, -0.2) is 22.9 Å². The number of rotatable bonds is 5. The van der Waals surface area contributed by atoms with E-state index >= 15 is 0 Å². The van der Waals surface area contributed by atoms with Gasteiger partial charge in [0.15, 0.2) is 0 Å². The fraction of sp³-hybridized carbons (Fsp3) is 0.538. The summed E-state index contributed by atoms with van der Waals surface area (Å²) in [4.78, 5) is 12.7. The van der Waals surface area contributed by atoms with Gasteiger partial charge >= 0.3 is 0 Å². The first-order valence-corrected chi connectivity index (χ1v) is 6.75. The smallest absolute Gasteiger partial charge is 0.283 e. The first-order valence-electron chi connectivity index (χ1n) is 5.96. The summed E-state index contributed by atoms with van der Waals surface area (Å²) >= 11 is 3.19. The van der Waals surface area contributed by atoms with Crippen LogP contribution in [0.5, 0.6) is 0 Å². The van der Waals surface area contributed by atoms with Crippen LogP contribution in [0.4, 0.5) is 5.69 Å². The van der Waals surface area contributed by atoms with E-state index in [-0.39, 0.29) is 10.6 Å². The predicted octanol–water partition coefficient (Wildman–Crippen LogP) is 3.83. The Balaban J connectivity index is 2.86. The first kappa shape index (κ1) is 15.1. The lowest BCUT2D eigenvalue weighted by Crippen LogP contribution is -2.32. The molecule has 1 aromatic carbocycles. The molecule has 0 N–H and O–H groups in total. The fourth-order valence-corrected chi connectivity index (χ4v) is 2.13. The summed E-state index contributed by atoms with van der Waals surface area (Å²) in [5.41, 5.74) is 1.08. The van der Waals surface area contributed by atoms with Crippen molar-refractivity contribution in [1.29, 1.82) is 0 Å². The van der Waals surface area contributed by atoms with E-state index in [9.17, 15) is 10.1 Å². The van der Waals surface area contributed by atoms with Crippen LogP contribution in [0.15, 0.2) is 22.7 Å². The second kappa shape index (κ2) is 6.29. The first-order chi connectivity index (χ1) is 8.32. The van der Waals surface area contributed by atoms with Gasteiger partial charge in [0.1, 0.15) is 0 Å². The molecule has 0 bridgehead atoms. The van der Waals surface area contributed by atoms with Crippen molar-refractivity contribution in [3.8, 4) is 0 Å². The maximum atomic E-state index is 10.9. The predicted molar refractivity (Wildman–Crippen MR) is 76.6 cm³/mol. The SMILES string of the molecule is CC(C)C(C)N(C)Cc1ccc(Br)c([N+](=O)[O-])c1. The highest BCUT2D eigenvalue weighted by Crippen LogP contribution is 2.26. The molecule has 4 nitrogen and oxygen atoms in total. The summed E-state index contributed by atoms with van der Waals surface area (Å²) in [5.74, 6) is 0.556. The van der Waals surface area contributed by atoms with Crippen LogP contribution in [0, 0.1) is 16.0 Å². The van der Waals surface area contributed by atoms with Gasteiger partial charge in [0.2, 0.25) is 0 Å². The van der Waals surface area contributed by atoms with Crippen molar-refractivity contribution in [2.24, 2.45) is 5.92 Å². The van der Waals surface area contributed by atoms with Crippen LogP contribution in [0.2, 0.25) is 0 Å². The lowest BCUT2D eigenvalue weighted by molar-refractivity contribution is -0.385. The van der Waals surface area contributed by atoms with Gasteiger partial charge < -0.3 is 0 Å². The van der Waals surface area contributed by atoms with Crippen LogP contribution < -0.4 is 0 Å². The summed E-state index contributed by atoms with van der Waals surface area (Å²) in [6.45, 7) is 7.22. The molecule has 0 aliphatic rings. The highest BCUT2D eigenvalue weighted by Gasteiger charge is 2.16. The van der Waals surface area contributed by atoms with E-state index in [0.29, 0.717) is 23.0 Å². The zero-order chi connectivity index (χ0) is 13.9. The Bertz CT molecular complexity index is 435. The number of benzene rings is 1. The third-order valence-corrected chi connectivity index (χ3v) is 3.97. The average Bonchev–Trinajstić information content (AvgIpc) is 2.29. The molecule has 1 unspecified atom stereocenters. The lowest BCUT2D eigenvalue weighted by Gasteiger charge is -2.27. The molecule has 1 rings (SSSR count). The van der Waals surface area contributed by atoms with Crippen LogP contribution >= 0.6 is 15.9 Å². The van der Waals surface area contributed by atoms with Crippen molar-refractivity contribution in [3.63, 3.8) is 0 Å². The molecule has 0 heterocycles. The third-order valence-electron chi connectivity index (χ3n) is 3.30. The van der Waals surface area contributed by atoms with E-state index in [0.717, 1.165) is 5.56 Å². The van der Waals surface area contributed by atoms with E-state index in [1.165, 1.54) is 0 Å². The molecule has 0 aliphatic carbocycles. The molecule has 0 saturated heterocycles. The van der Waals surface area contributed by atoms with Gasteiger partial charge in [-0.25, -0.2) is 0 Å². The number of nitro benzene ring substituents is 1. The molecule has 0 aliphatic heterocycles. The summed E-state index contributed by atoms with van der Waals surface area (Å²) < 4.78 is 0.524. The molecular formula is C13H19BrN2O2. The second-order valence-electron chi connectivity index (χ2n) is 4.94. The zero-order valence-electron chi connectivity index (χ0n) is 11.2. The Labute approximate surface area is 116 Å². The van der Waals surface area contributed by atoms with Gasteiger partial charge in [-0.15, -0.1) is 0 Å². The largest absolute Gasteiger partial charge is 0.299 e. The molecule has 0 saturated carbocycles. The molecule has 100 valence electrons. The molecule has 1 aromatic rings. The Morgan fingerprint density at radius 1 is 1.39 bits per heavy atom. The molecule has 0 amide bonds. The summed E-state index contributed by atoms with van der Waals surface area (Å²) in [6.07, 6.45) is 0. The van der Waals surface area contributed by atoms with E-state index in [4.69, 9.17) is 0 Å². The molecule has 0 fully saturated rings. The van der Waals surface area contributed by atoms with Crippen molar-refractivity contribution < 1.29 is 4.92 Å². The van der Waals surface area contributed by atoms with Crippen molar-refractivity contribution in [1.82, 2.24) is 4.90 Å². The quantitative estimate of drug-likeness (QED) is 0.613. The number of hydrogen-bond acceptors (Lipinski definition) is 3. The van der Waals surface area contributed by atoms with Crippen LogP contribution in [-0.2, 0) is 6.54 Å². The third kappa shape index (κ3) is 3.78. The number of nitrogens with zero attached hydrogens (tertiary/aromatic N) is 2. The van der Waals surface area contributed by atoms with Crippen LogP contribution in [0.25, 0.3) is 0 Å². The maximum absolute atomic E-state index is 10.9. The van der Waals surface area contributed by atoms with Crippen LogP contribution in [0.1, 0.15) is 26.3 Å². The average molecular weight is 315 g/mol. The van der Waals surface area contributed by atoms with Crippen molar-refractivity contribution in [2.45, 2.75) is 33.4 Å². The standard InChI is InChI=1S/C13H19BrN2O2/c1-9(2)10(3)15(4)8-11-5-6-12(14)13(7-11)16(17)18/h5-7,9-10H,8H2,1-4H3. The highest BCUT2D eigenvalue weighted by molar-refractivity contribution is 9.10. The summed E-state index contributed by atoms with van der Waals surface area (Å²) in [6, 6.07) is 5.72.